The van der Waals surface area contributed by atoms with Crippen molar-refractivity contribution in [3.8, 4) is 0 Å². The fraction of sp³-hybridized carbons (Fsp3) is 0.556. The van der Waals surface area contributed by atoms with Crippen LogP contribution in [0.5, 0.6) is 0 Å². The molecule has 3 nitrogen and oxygen atoms in total. The molecule has 0 fully saturated rings. The maximum Gasteiger partial charge on any atom is 0.418 e. The van der Waals surface area contributed by atoms with Crippen molar-refractivity contribution in [2.75, 3.05) is 0 Å². The van der Waals surface area contributed by atoms with E-state index in [1.54, 1.807) is 13.1 Å². The van der Waals surface area contributed by atoms with Crippen molar-refractivity contribution in [2.24, 2.45) is 4.99 Å². The van der Waals surface area contributed by atoms with Gasteiger partial charge < -0.3 is 4.57 Å². The first-order chi connectivity index (χ1) is 11.8. The molecule has 138 valence electrons. The molecule has 1 aromatic carbocycles. The Balaban J connectivity index is 2.50. The number of hydrogen-bond acceptors (Lipinski definition) is 2. The molecule has 1 aromatic heterocycles. The molecule has 7 heteroatoms. The maximum atomic E-state index is 13.3. The minimum absolute atomic E-state index is 0.157. The van der Waals surface area contributed by atoms with Crippen LogP contribution in [0.25, 0.3) is 11.0 Å². The zero-order chi connectivity index (χ0) is 18.6. The van der Waals surface area contributed by atoms with E-state index in [9.17, 15) is 13.2 Å². The summed E-state index contributed by atoms with van der Waals surface area (Å²) in [5.41, 5.74) is 0.0991. The second-order valence-corrected chi connectivity index (χ2v) is 6.39. The van der Waals surface area contributed by atoms with Gasteiger partial charge in [-0.05, 0) is 32.8 Å². The third kappa shape index (κ3) is 4.35. The molecule has 0 bridgehead atoms. The lowest BCUT2D eigenvalue weighted by Gasteiger charge is -2.13. The highest BCUT2D eigenvalue weighted by atomic mass is 35.5. The van der Waals surface area contributed by atoms with E-state index in [2.05, 4.69) is 16.9 Å². The number of imidazole rings is 1. The quantitative estimate of drug-likeness (QED) is 0.392. The Labute approximate surface area is 150 Å². The van der Waals surface area contributed by atoms with Gasteiger partial charge in [-0.1, -0.05) is 37.8 Å². The summed E-state index contributed by atoms with van der Waals surface area (Å²) < 4.78 is 41.7. The smallest absolute Gasteiger partial charge is 0.327 e. The van der Waals surface area contributed by atoms with Crippen LogP contribution in [0.15, 0.2) is 11.1 Å². The van der Waals surface area contributed by atoms with Gasteiger partial charge in [0.2, 0.25) is 0 Å². The zero-order valence-electron chi connectivity index (χ0n) is 14.8. The van der Waals surface area contributed by atoms with Crippen LogP contribution in [0, 0.1) is 6.92 Å². The van der Waals surface area contributed by atoms with Crippen LogP contribution < -0.4 is 0 Å². The fourth-order valence-corrected chi connectivity index (χ4v) is 3.20. The summed E-state index contributed by atoms with van der Waals surface area (Å²) in [6, 6.07) is 1.01. The molecule has 0 saturated carbocycles. The summed E-state index contributed by atoms with van der Waals surface area (Å²) in [6.07, 6.45) is 2.16. The molecule has 0 unspecified atom stereocenters. The average molecular weight is 374 g/mol. The van der Waals surface area contributed by atoms with Gasteiger partial charge in [-0.15, -0.1) is 0 Å². The summed E-state index contributed by atoms with van der Waals surface area (Å²) in [5, 5.41) is -0.362. The fourth-order valence-electron chi connectivity index (χ4n) is 2.90. The lowest BCUT2D eigenvalue weighted by molar-refractivity contribution is -0.137. The number of rotatable bonds is 7. The summed E-state index contributed by atoms with van der Waals surface area (Å²) in [6.45, 7) is 6.39. The van der Waals surface area contributed by atoms with Crippen LogP contribution >= 0.6 is 11.6 Å². The first kappa shape index (κ1) is 19.8. The molecule has 0 N–H and O–H groups in total. The number of aryl methyl sites for hydroxylation is 2. The van der Waals surface area contributed by atoms with Crippen molar-refractivity contribution in [3.63, 3.8) is 0 Å². The van der Waals surface area contributed by atoms with Gasteiger partial charge in [0.05, 0.1) is 21.6 Å². The highest BCUT2D eigenvalue weighted by Gasteiger charge is 2.36. The molecule has 0 spiro atoms. The van der Waals surface area contributed by atoms with Crippen molar-refractivity contribution in [1.29, 1.82) is 0 Å². The van der Waals surface area contributed by atoms with Crippen molar-refractivity contribution in [2.45, 2.75) is 65.6 Å². The second-order valence-electron chi connectivity index (χ2n) is 6.02. The molecular weight excluding hydrogens is 351 g/mol. The SMILES string of the molecule is CCCCCCC=Nc1c(Cl)c(C(F)(F)F)cc2nc(C)n(CC)c12. The maximum absolute atomic E-state index is 13.3. The van der Waals surface area contributed by atoms with E-state index in [1.807, 2.05) is 11.5 Å². The van der Waals surface area contributed by atoms with Gasteiger partial charge in [0.15, 0.2) is 0 Å². The predicted octanol–water partition coefficient (Wildman–Crippen LogP) is 6.71. The summed E-state index contributed by atoms with van der Waals surface area (Å²) in [5.74, 6) is 0.646. The largest absolute Gasteiger partial charge is 0.418 e. The number of halogens is 4. The van der Waals surface area contributed by atoms with E-state index in [0.717, 1.165) is 31.7 Å². The molecule has 2 rings (SSSR count). The molecule has 0 aliphatic rings. The number of hydrogen-bond donors (Lipinski definition) is 0. The van der Waals surface area contributed by atoms with Gasteiger partial charge in [0, 0.05) is 12.8 Å². The van der Waals surface area contributed by atoms with Gasteiger partial charge in [0.25, 0.3) is 0 Å². The van der Waals surface area contributed by atoms with Crippen LogP contribution in [0.3, 0.4) is 0 Å². The molecule has 0 saturated heterocycles. The number of aliphatic imine (C=N–C) groups is 1. The van der Waals surface area contributed by atoms with Crippen LogP contribution in [0.1, 0.15) is 57.3 Å². The zero-order valence-corrected chi connectivity index (χ0v) is 15.5. The number of aromatic nitrogens is 2. The van der Waals surface area contributed by atoms with E-state index in [4.69, 9.17) is 11.6 Å². The number of unbranched alkanes of at least 4 members (excludes halogenated alkanes) is 4. The molecule has 0 radical (unpaired) electrons. The predicted molar refractivity (Wildman–Crippen MR) is 97.1 cm³/mol. The molecule has 25 heavy (non-hydrogen) atoms. The second kappa shape index (κ2) is 8.21. The summed E-state index contributed by atoms with van der Waals surface area (Å²) in [4.78, 5) is 8.57. The van der Waals surface area contributed by atoms with Crippen LogP contribution in [-0.4, -0.2) is 15.8 Å². The van der Waals surface area contributed by atoms with Crippen LogP contribution in [-0.2, 0) is 12.7 Å². The Morgan fingerprint density at radius 1 is 1.24 bits per heavy atom. The van der Waals surface area contributed by atoms with Crippen LogP contribution in [0.4, 0.5) is 18.9 Å². The third-order valence-electron chi connectivity index (χ3n) is 4.16. The van der Waals surface area contributed by atoms with Crippen molar-refractivity contribution in [1.82, 2.24) is 9.55 Å². The van der Waals surface area contributed by atoms with Crippen molar-refractivity contribution >= 4 is 34.5 Å². The third-order valence-corrected chi connectivity index (χ3v) is 4.55. The van der Waals surface area contributed by atoms with E-state index in [1.165, 1.54) is 0 Å². The normalized spacial score (nSPS) is 12.6. The van der Waals surface area contributed by atoms with E-state index in [-0.39, 0.29) is 16.2 Å². The molecule has 2 aromatic rings. The molecule has 1 heterocycles. The highest BCUT2D eigenvalue weighted by Crippen LogP contribution is 2.44. The first-order valence-electron chi connectivity index (χ1n) is 8.60. The number of alkyl halides is 3. The van der Waals surface area contributed by atoms with Crippen molar-refractivity contribution < 1.29 is 13.2 Å². The summed E-state index contributed by atoms with van der Waals surface area (Å²) >= 11 is 6.10. The van der Waals surface area contributed by atoms with Crippen LogP contribution in [0.2, 0.25) is 5.02 Å². The van der Waals surface area contributed by atoms with Gasteiger partial charge in [-0.3, -0.25) is 4.99 Å². The lowest BCUT2D eigenvalue weighted by Crippen LogP contribution is -2.06. The minimum atomic E-state index is -4.54. The molecule has 0 atom stereocenters. The topological polar surface area (TPSA) is 30.2 Å². The highest BCUT2D eigenvalue weighted by molar-refractivity contribution is 6.35. The van der Waals surface area contributed by atoms with Gasteiger partial charge in [0.1, 0.15) is 11.5 Å². The Hall–Kier alpha value is -1.56. The van der Waals surface area contributed by atoms with E-state index >= 15 is 0 Å². The number of benzene rings is 1. The Morgan fingerprint density at radius 3 is 2.56 bits per heavy atom. The number of fused-ring (bicyclic) bond motifs is 1. The lowest BCUT2D eigenvalue weighted by atomic mass is 10.1. The molecule has 0 amide bonds. The average Bonchev–Trinajstić information content (AvgIpc) is 2.86. The first-order valence-corrected chi connectivity index (χ1v) is 8.98. The monoisotopic (exact) mass is 373 g/mol. The molecule has 0 aliphatic carbocycles. The molecule has 0 aliphatic heterocycles. The summed E-state index contributed by atoms with van der Waals surface area (Å²) in [7, 11) is 0. The number of nitrogens with zero attached hydrogens (tertiary/aromatic N) is 3. The van der Waals surface area contributed by atoms with Gasteiger partial charge in [-0.2, -0.15) is 13.2 Å². The van der Waals surface area contributed by atoms with E-state index < -0.39 is 11.7 Å². The van der Waals surface area contributed by atoms with Gasteiger partial charge in [-0.25, -0.2) is 4.98 Å². The molecular formula is C18H23ClF3N3. The minimum Gasteiger partial charge on any atom is -0.327 e. The Kier molecular flexibility index (Phi) is 6.49. The van der Waals surface area contributed by atoms with E-state index in [0.29, 0.717) is 24.3 Å². The standard InChI is InChI=1S/C18H23ClF3N3/c1-4-6-7-8-9-10-23-16-15(19)13(18(20,21)22)11-14-17(16)25(5-2)12(3)24-14/h10-11H,4-9H2,1-3H3. The van der Waals surface area contributed by atoms with Crippen molar-refractivity contribution in [3.05, 3.63) is 22.5 Å². The Morgan fingerprint density at radius 2 is 1.96 bits per heavy atom. The van der Waals surface area contributed by atoms with Gasteiger partial charge >= 0.3 is 6.18 Å². The Bertz CT molecular complexity index is 763.